The lowest BCUT2D eigenvalue weighted by Gasteiger charge is -2.11. The lowest BCUT2D eigenvalue weighted by atomic mass is 9.99. The standard InChI is InChI=1S/C14H13NO2S/c15-10-5-8-6-11(16)12(17)7-14(8)18-13-4-2-1-3-9(10)13/h1-4,6-7,10,16-17H,5,15H2. The third-order valence-electron chi connectivity index (χ3n) is 3.14. The minimum atomic E-state index is -0.0903. The van der Waals surface area contributed by atoms with Crippen molar-refractivity contribution in [3.05, 3.63) is 47.5 Å². The van der Waals surface area contributed by atoms with Gasteiger partial charge in [0.2, 0.25) is 0 Å². The fraction of sp³-hybridized carbons (Fsp3) is 0.143. The van der Waals surface area contributed by atoms with Gasteiger partial charge in [-0.2, -0.15) is 0 Å². The molecule has 2 aromatic rings. The van der Waals surface area contributed by atoms with Crippen LogP contribution in [0.25, 0.3) is 0 Å². The second-order valence-electron chi connectivity index (χ2n) is 4.40. The van der Waals surface area contributed by atoms with Crippen LogP contribution < -0.4 is 5.73 Å². The zero-order chi connectivity index (χ0) is 12.7. The van der Waals surface area contributed by atoms with Crippen molar-refractivity contribution in [3.8, 4) is 11.5 Å². The molecule has 0 amide bonds. The SMILES string of the molecule is NC1Cc2cc(O)c(O)cc2Sc2ccccc21. The highest BCUT2D eigenvalue weighted by Gasteiger charge is 2.21. The Kier molecular flexibility index (Phi) is 2.69. The molecule has 1 aliphatic heterocycles. The summed E-state index contributed by atoms with van der Waals surface area (Å²) in [6.45, 7) is 0. The smallest absolute Gasteiger partial charge is 0.158 e. The maximum atomic E-state index is 9.59. The van der Waals surface area contributed by atoms with Gasteiger partial charge < -0.3 is 15.9 Å². The van der Waals surface area contributed by atoms with Gasteiger partial charge in [-0.1, -0.05) is 30.0 Å². The lowest BCUT2D eigenvalue weighted by Crippen LogP contribution is -2.13. The Labute approximate surface area is 109 Å². The van der Waals surface area contributed by atoms with Crippen LogP contribution in [0.15, 0.2) is 46.2 Å². The van der Waals surface area contributed by atoms with Crippen molar-refractivity contribution < 1.29 is 10.2 Å². The van der Waals surface area contributed by atoms with Crippen molar-refractivity contribution in [1.82, 2.24) is 0 Å². The third-order valence-corrected chi connectivity index (χ3v) is 4.33. The summed E-state index contributed by atoms with van der Waals surface area (Å²) in [5.74, 6) is -0.179. The molecule has 1 aliphatic rings. The summed E-state index contributed by atoms with van der Waals surface area (Å²) >= 11 is 1.58. The van der Waals surface area contributed by atoms with Crippen molar-refractivity contribution in [2.75, 3.05) is 0 Å². The monoisotopic (exact) mass is 259 g/mol. The highest BCUT2D eigenvalue weighted by Crippen LogP contribution is 2.43. The van der Waals surface area contributed by atoms with Crippen LogP contribution in [0.3, 0.4) is 0 Å². The Morgan fingerprint density at radius 2 is 1.78 bits per heavy atom. The van der Waals surface area contributed by atoms with Crippen molar-refractivity contribution in [1.29, 1.82) is 0 Å². The second-order valence-corrected chi connectivity index (χ2v) is 5.48. The van der Waals surface area contributed by atoms with Crippen LogP contribution in [0.1, 0.15) is 17.2 Å². The van der Waals surface area contributed by atoms with E-state index in [1.165, 1.54) is 0 Å². The van der Waals surface area contributed by atoms with Gasteiger partial charge in [0.15, 0.2) is 11.5 Å². The number of phenolic OH excluding ortho intramolecular Hbond substituents is 2. The highest BCUT2D eigenvalue weighted by molar-refractivity contribution is 7.99. The molecular formula is C14H13NO2S. The first-order valence-corrected chi connectivity index (χ1v) is 6.54. The topological polar surface area (TPSA) is 66.5 Å². The number of nitrogens with two attached hydrogens (primary N) is 1. The molecule has 0 bridgehead atoms. The predicted molar refractivity (Wildman–Crippen MR) is 71.0 cm³/mol. The molecule has 92 valence electrons. The largest absolute Gasteiger partial charge is 0.504 e. The third kappa shape index (κ3) is 1.83. The Hall–Kier alpha value is -1.65. The zero-order valence-electron chi connectivity index (χ0n) is 9.63. The van der Waals surface area contributed by atoms with Gasteiger partial charge in [0.1, 0.15) is 0 Å². The van der Waals surface area contributed by atoms with Gasteiger partial charge >= 0.3 is 0 Å². The van der Waals surface area contributed by atoms with Crippen LogP contribution in [-0.2, 0) is 6.42 Å². The Morgan fingerprint density at radius 1 is 1.06 bits per heavy atom. The fourth-order valence-electron chi connectivity index (χ4n) is 2.20. The summed E-state index contributed by atoms with van der Waals surface area (Å²) in [5, 5.41) is 19.2. The van der Waals surface area contributed by atoms with Crippen molar-refractivity contribution in [3.63, 3.8) is 0 Å². The first-order valence-electron chi connectivity index (χ1n) is 5.72. The van der Waals surface area contributed by atoms with Crippen molar-refractivity contribution >= 4 is 11.8 Å². The molecule has 0 fully saturated rings. The minimum Gasteiger partial charge on any atom is -0.504 e. The quantitative estimate of drug-likeness (QED) is 0.636. The van der Waals surface area contributed by atoms with E-state index in [9.17, 15) is 10.2 Å². The van der Waals surface area contributed by atoms with E-state index >= 15 is 0 Å². The second kappa shape index (κ2) is 4.23. The molecule has 0 radical (unpaired) electrons. The average Bonchev–Trinajstić information content (AvgIpc) is 2.48. The summed E-state index contributed by atoms with van der Waals surface area (Å²) in [6, 6.07) is 11.1. The van der Waals surface area contributed by atoms with Gasteiger partial charge in [0.25, 0.3) is 0 Å². The van der Waals surface area contributed by atoms with Gasteiger partial charge in [-0.05, 0) is 35.7 Å². The van der Waals surface area contributed by atoms with E-state index in [1.54, 1.807) is 23.9 Å². The van der Waals surface area contributed by atoms with Gasteiger partial charge in [-0.3, -0.25) is 0 Å². The molecule has 0 aromatic heterocycles. The van der Waals surface area contributed by atoms with Crippen LogP contribution >= 0.6 is 11.8 Å². The van der Waals surface area contributed by atoms with E-state index in [4.69, 9.17) is 5.73 Å². The van der Waals surface area contributed by atoms with E-state index < -0.39 is 0 Å². The number of aromatic hydroxyl groups is 2. The maximum absolute atomic E-state index is 9.59. The van der Waals surface area contributed by atoms with E-state index in [0.29, 0.717) is 6.42 Å². The molecule has 1 heterocycles. The number of benzene rings is 2. The molecule has 18 heavy (non-hydrogen) atoms. The first-order chi connectivity index (χ1) is 8.65. The lowest BCUT2D eigenvalue weighted by molar-refractivity contribution is 0.401. The molecule has 1 atom stereocenters. The van der Waals surface area contributed by atoms with Gasteiger partial charge in [-0.25, -0.2) is 0 Å². The molecule has 0 saturated heterocycles. The zero-order valence-corrected chi connectivity index (χ0v) is 10.4. The van der Waals surface area contributed by atoms with Crippen LogP contribution in [0.5, 0.6) is 11.5 Å². The normalized spacial score (nSPS) is 17.7. The van der Waals surface area contributed by atoms with Crippen molar-refractivity contribution in [2.45, 2.75) is 22.3 Å². The van der Waals surface area contributed by atoms with Crippen LogP contribution in [0, 0.1) is 0 Å². The van der Waals surface area contributed by atoms with Gasteiger partial charge in [0.05, 0.1) is 0 Å². The highest BCUT2D eigenvalue weighted by atomic mass is 32.2. The fourth-order valence-corrected chi connectivity index (χ4v) is 3.37. The Balaban J connectivity index is 2.15. The summed E-state index contributed by atoms with van der Waals surface area (Å²) < 4.78 is 0. The summed E-state index contributed by atoms with van der Waals surface area (Å²) in [4.78, 5) is 2.06. The van der Waals surface area contributed by atoms with E-state index in [-0.39, 0.29) is 17.5 Å². The average molecular weight is 259 g/mol. The molecule has 3 rings (SSSR count). The molecule has 4 heteroatoms. The Morgan fingerprint density at radius 3 is 2.61 bits per heavy atom. The summed E-state index contributed by atoms with van der Waals surface area (Å²) in [5.41, 5.74) is 8.27. The first kappa shape index (κ1) is 11.4. The van der Waals surface area contributed by atoms with E-state index in [2.05, 4.69) is 0 Å². The predicted octanol–water partition coefficient (Wildman–Crippen LogP) is 2.80. The molecule has 0 aliphatic carbocycles. The Bertz CT molecular complexity index is 613. The van der Waals surface area contributed by atoms with E-state index in [1.807, 2.05) is 24.3 Å². The van der Waals surface area contributed by atoms with E-state index in [0.717, 1.165) is 20.9 Å². The molecule has 2 aromatic carbocycles. The number of fused-ring (bicyclic) bond motifs is 2. The minimum absolute atomic E-state index is 0.0844. The molecule has 1 unspecified atom stereocenters. The summed E-state index contributed by atoms with van der Waals surface area (Å²) in [6.07, 6.45) is 0.660. The maximum Gasteiger partial charge on any atom is 0.158 e. The van der Waals surface area contributed by atoms with Crippen molar-refractivity contribution in [2.24, 2.45) is 5.73 Å². The molecule has 4 N–H and O–H groups in total. The summed E-state index contributed by atoms with van der Waals surface area (Å²) in [7, 11) is 0. The number of rotatable bonds is 0. The van der Waals surface area contributed by atoms with Crippen LogP contribution in [0.2, 0.25) is 0 Å². The van der Waals surface area contributed by atoms with Crippen LogP contribution in [0.4, 0.5) is 0 Å². The number of hydrogen-bond acceptors (Lipinski definition) is 4. The van der Waals surface area contributed by atoms with Gasteiger partial charge in [0, 0.05) is 15.8 Å². The number of phenols is 2. The van der Waals surface area contributed by atoms with Crippen LogP contribution in [-0.4, -0.2) is 10.2 Å². The molecular weight excluding hydrogens is 246 g/mol. The van der Waals surface area contributed by atoms with Gasteiger partial charge in [-0.15, -0.1) is 0 Å². The number of hydrogen-bond donors (Lipinski definition) is 3. The molecule has 0 spiro atoms. The molecule has 3 nitrogen and oxygen atoms in total. The molecule has 0 saturated carbocycles.